The van der Waals surface area contributed by atoms with Gasteiger partial charge < -0.3 is 14.8 Å². The van der Waals surface area contributed by atoms with Crippen molar-refractivity contribution >= 4 is 11.6 Å². The summed E-state index contributed by atoms with van der Waals surface area (Å²) in [6.07, 6.45) is 0.0238. The van der Waals surface area contributed by atoms with Gasteiger partial charge in [-0.25, -0.2) is 0 Å². The molecule has 3 nitrogen and oxygen atoms in total. The van der Waals surface area contributed by atoms with E-state index in [-0.39, 0.29) is 6.10 Å². The quantitative estimate of drug-likeness (QED) is 0.862. The number of hydrogen-bond acceptors (Lipinski definition) is 3. The van der Waals surface area contributed by atoms with E-state index >= 15 is 0 Å². The Morgan fingerprint density at radius 3 is 2.94 bits per heavy atom. The predicted molar refractivity (Wildman–Crippen MR) is 64.3 cm³/mol. The molecule has 0 aliphatic carbocycles. The zero-order chi connectivity index (χ0) is 11.5. The monoisotopic (exact) mass is 241 g/mol. The second-order valence-electron chi connectivity index (χ2n) is 3.91. The number of hydrogen-bond donors (Lipinski definition) is 1. The first kappa shape index (κ1) is 11.7. The molecule has 1 aromatic rings. The van der Waals surface area contributed by atoms with E-state index in [2.05, 4.69) is 5.32 Å². The van der Waals surface area contributed by atoms with Gasteiger partial charge >= 0.3 is 0 Å². The fourth-order valence-corrected chi connectivity index (χ4v) is 2.24. The van der Waals surface area contributed by atoms with Gasteiger partial charge in [0.2, 0.25) is 0 Å². The SMILES string of the molecule is COc1cc(C2CNCCO2)c(Cl)cc1C. The summed E-state index contributed by atoms with van der Waals surface area (Å²) in [6, 6.07) is 3.89. The average Bonchev–Trinajstić information content (AvgIpc) is 2.30. The summed E-state index contributed by atoms with van der Waals surface area (Å²) < 4.78 is 11.0. The molecule has 88 valence electrons. The number of halogens is 1. The van der Waals surface area contributed by atoms with Crippen LogP contribution < -0.4 is 10.1 Å². The van der Waals surface area contributed by atoms with E-state index in [1.54, 1.807) is 7.11 Å². The molecule has 1 aliphatic heterocycles. The zero-order valence-corrected chi connectivity index (χ0v) is 10.3. The van der Waals surface area contributed by atoms with E-state index in [1.807, 2.05) is 19.1 Å². The van der Waals surface area contributed by atoms with E-state index < -0.39 is 0 Å². The summed E-state index contributed by atoms with van der Waals surface area (Å²) in [4.78, 5) is 0. The van der Waals surface area contributed by atoms with Crippen molar-refractivity contribution < 1.29 is 9.47 Å². The van der Waals surface area contributed by atoms with Crippen LogP contribution in [0.25, 0.3) is 0 Å². The van der Waals surface area contributed by atoms with Crippen molar-refractivity contribution in [2.45, 2.75) is 13.0 Å². The first-order valence-electron chi connectivity index (χ1n) is 5.38. The molecular weight excluding hydrogens is 226 g/mol. The smallest absolute Gasteiger partial charge is 0.122 e. The van der Waals surface area contributed by atoms with E-state index in [1.165, 1.54) is 0 Å². The molecule has 0 bridgehead atoms. The van der Waals surface area contributed by atoms with Crippen molar-refractivity contribution in [1.29, 1.82) is 0 Å². The van der Waals surface area contributed by atoms with Crippen LogP contribution >= 0.6 is 11.6 Å². The van der Waals surface area contributed by atoms with Crippen LogP contribution in [0.3, 0.4) is 0 Å². The highest BCUT2D eigenvalue weighted by atomic mass is 35.5. The van der Waals surface area contributed by atoms with Crippen molar-refractivity contribution in [3.63, 3.8) is 0 Å². The molecule has 1 atom stereocenters. The van der Waals surface area contributed by atoms with Crippen molar-refractivity contribution in [3.8, 4) is 5.75 Å². The summed E-state index contributed by atoms with van der Waals surface area (Å²) in [5.74, 6) is 0.855. The highest BCUT2D eigenvalue weighted by Crippen LogP contribution is 2.32. The molecule has 1 N–H and O–H groups in total. The highest BCUT2D eigenvalue weighted by Gasteiger charge is 2.19. The van der Waals surface area contributed by atoms with E-state index in [0.29, 0.717) is 0 Å². The van der Waals surface area contributed by atoms with E-state index in [0.717, 1.165) is 41.6 Å². The van der Waals surface area contributed by atoms with Crippen molar-refractivity contribution in [2.75, 3.05) is 26.8 Å². The normalized spacial score (nSPS) is 20.8. The molecule has 2 rings (SSSR count). The summed E-state index contributed by atoms with van der Waals surface area (Å²) in [5.41, 5.74) is 2.04. The predicted octanol–water partition coefficient (Wildman–Crippen LogP) is 2.32. The van der Waals surface area contributed by atoms with Crippen LogP contribution in [-0.2, 0) is 4.74 Å². The second kappa shape index (κ2) is 5.04. The molecule has 4 heteroatoms. The Morgan fingerprint density at radius 2 is 2.31 bits per heavy atom. The lowest BCUT2D eigenvalue weighted by Crippen LogP contribution is -2.33. The third kappa shape index (κ3) is 2.32. The van der Waals surface area contributed by atoms with E-state index in [4.69, 9.17) is 21.1 Å². The van der Waals surface area contributed by atoms with Gasteiger partial charge in [-0.2, -0.15) is 0 Å². The molecule has 1 unspecified atom stereocenters. The summed E-state index contributed by atoms with van der Waals surface area (Å²) >= 11 is 6.23. The molecule has 1 heterocycles. The standard InChI is InChI=1S/C12H16ClNO2/c1-8-5-10(13)9(6-11(8)15-2)12-7-14-3-4-16-12/h5-6,12,14H,3-4,7H2,1-2H3. The number of methoxy groups -OCH3 is 1. The van der Waals surface area contributed by atoms with Gasteiger partial charge in [0.25, 0.3) is 0 Å². The molecule has 0 saturated carbocycles. The third-order valence-corrected chi connectivity index (χ3v) is 3.12. The van der Waals surface area contributed by atoms with Gasteiger partial charge in [0.15, 0.2) is 0 Å². The van der Waals surface area contributed by atoms with Crippen LogP contribution in [0.4, 0.5) is 0 Å². The van der Waals surface area contributed by atoms with Crippen molar-refractivity contribution in [2.24, 2.45) is 0 Å². The lowest BCUT2D eigenvalue weighted by atomic mass is 10.1. The minimum absolute atomic E-state index is 0.0238. The Labute approximate surface area is 101 Å². The number of rotatable bonds is 2. The van der Waals surface area contributed by atoms with Crippen molar-refractivity contribution in [3.05, 3.63) is 28.3 Å². The molecule has 1 aliphatic rings. The molecule has 0 spiro atoms. The Morgan fingerprint density at radius 1 is 1.50 bits per heavy atom. The van der Waals surface area contributed by atoms with Gasteiger partial charge in [0.1, 0.15) is 5.75 Å². The third-order valence-electron chi connectivity index (χ3n) is 2.79. The topological polar surface area (TPSA) is 30.5 Å². The van der Waals surface area contributed by atoms with Gasteiger partial charge in [-0.1, -0.05) is 11.6 Å². The lowest BCUT2D eigenvalue weighted by molar-refractivity contribution is 0.0276. The maximum absolute atomic E-state index is 6.23. The maximum Gasteiger partial charge on any atom is 0.122 e. The number of benzene rings is 1. The van der Waals surface area contributed by atoms with Gasteiger partial charge in [-0.3, -0.25) is 0 Å². The molecule has 1 aromatic carbocycles. The Balaban J connectivity index is 2.31. The molecular formula is C12H16ClNO2. The van der Waals surface area contributed by atoms with Gasteiger partial charge in [0.05, 0.1) is 19.8 Å². The fraction of sp³-hybridized carbons (Fsp3) is 0.500. The minimum atomic E-state index is 0.0238. The average molecular weight is 242 g/mol. The van der Waals surface area contributed by atoms with Gasteiger partial charge in [-0.15, -0.1) is 0 Å². The zero-order valence-electron chi connectivity index (χ0n) is 9.55. The Bertz CT molecular complexity index is 376. The summed E-state index contributed by atoms with van der Waals surface area (Å²) in [6.45, 7) is 4.40. The summed E-state index contributed by atoms with van der Waals surface area (Å²) in [7, 11) is 1.67. The van der Waals surface area contributed by atoms with Crippen molar-refractivity contribution in [1.82, 2.24) is 5.32 Å². The molecule has 0 aromatic heterocycles. The molecule has 1 saturated heterocycles. The minimum Gasteiger partial charge on any atom is -0.496 e. The van der Waals surface area contributed by atoms with Crippen LogP contribution in [0.1, 0.15) is 17.2 Å². The first-order chi connectivity index (χ1) is 7.72. The van der Waals surface area contributed by atoms with E-state index in [9.17, 15) is 0 Å². The van der Waals surface area contributed by atoms with Gasteiger partial charge in [-0.05, 0) is 24.6 Å². The van der Waals surface area contributed by atoms with Crippen LogP contribution in [-0.4, -0.2) is 26.8 Å². The molecule has 0 amide bonds. The second-order valence-corrected chi connectivity index (χ2v) is 4.31. The number of morpholine rings is 1. The Kier molecular flexibility index (Phi) is 3.69. The van der Waals surface area contributed by atoms with Crippen LogP contribution in [0, 0.1) is 6.92 Å². The highest BCUT2D eigenvalue weighted by molar-refractivity contribution is 6.31. The van der Waals surface area contributed by atoms with Crippen LogP contribution in [0.5, 0.6) is 5.75 Å². The Hall–Kier alpha value is -0.770. The number of nitrogens with one attached hydrogen (secondary N) is 1. The summed E-state index contributed by atoms with van der Waals surface area (Å²) in [5, 5.41) is 4.03. The van der Waals surface area contributed by atoms with Crippen LogP contribution in [0.15, 0.2) is 12.1 Å². The van der Waals surface area contributed by atoms with Crippen LogP contribution in [0.2, 0.25) is 5.02 Å². The molecule has 1 fully saturated rings. The largest absolute Gasteiger partial charge is 0.496 e. The fourth-order valence-electron chi connectivity index (χ4n) is 1.90. The first-order valence-corrected chi connectivity index (χ1v) is 5.76. The molecule has 0 radical (unpaired) electrons. The number of aryl methyl sites for hydroxylation is 1. The maximum atomic E-state index is 6.23. The molecule has 16 heavy (non-hydrogen) atoms. The lowest BCUT2D eigenvalue weighted by Gasteiger charge is -2.25. The van der Waals surface area contributed by atoms with Gasteiger partial charge in [0, 0.05) is 23.7 Å². The number of ether oxygens (including phenoxy) is 2.